The molecule has 0 radical (unpaired) electrons. The molecule has 0 atom stereocenters. The summed E-state index contributed by atoms with van der Waals surface area (Å²) in [5.74, 6) is -0.253. The lowest BCUT2D eigenvalue weighted by Gasteiger charge is -2.33. The van der Waals surface area contributed by atoms with Crippen molar-refractivity contribution in [2.24, 2.45) is 5.92 Å². The second kappa shape index (κ2) is 6.95. The molecule has 134 valence electrons. The van der Waals surface area contributed by atoms with Crippen molar-refractivity contribution in [1.29, 1.82) is 0 Å². The molecule has 3 rings (SSSR count). The van der Waals surface area contributed by atoms with Gasteiger partial charge in [-0.1, -0.05) is 0 Å². The first-order valence-corrected chi connectivity index (χ1v) is 9.12. The minimum atomic E-state index is -0.986. The van der Waals surface area contributed by atoms with Crippen molar-refractivity contribution < 1.29 is 14.7 Å². The fourth-order valence-electron chi connectivity index (χ4n) is 3.33. The zero-order chi connectivity index (χ0) is 18.1. The molecule has 25 heavy (non-hydrogen) atoms. The average molecular weight is 362 g/mol. The minimum Gasteiger partial charge on any atom is -0.480 e. The summed E-state index contributed by atoms with van der Waals surface area (Å²) in [7, 11) is 1.55. The van der Waals surface area contributed by atoms with Crippen molar-refractivity contribution in [3.05, 3.63) is 16.8 Å². The Morgan fingerprint density at radius 1 is 1.32 bits per heavy atom. The van der Waals surface area contributed by atoms with Crippen molar-refractivity contribution in [3.8, 4) is 0 Å². The van der Waals surface area contributed by atoms with E-state index in [1.165, 1.54) is 15.3 Å². The van der Waals surface area contributed by atoms with Crippen LogP contribution in [0.4, 0.5) is 5.82 Å². The van der Waals surface area contributed by atoms with Crippen LogP contribution in [0.25, 0.3) is 10.2 Å². The number of piperidine rings is 1. The molecule has 0 bridgehead atoms. The fourth-order valence-corrected chi connectivity index (χ4v) is 4.33. The Labute approximate surface area is 150 Å². The van der Waals surface area contributed by atoms with Crippen molar-refractivity contribution in [3.63, 3.8) is 0 Å². The number of nitrogens with zero attached hydrogens (tertiary/aromatic N) is 4. The number of anilines is 1. The number of hydrogen-bond acceptors (Lipinski definition) is 6. The summed E-state index contributed by atoms with van der Waals surface area (Å²) in [5, 5.41) is 9.94. The summed E-state index contributed by atoms with van der Waals surface area (Å²) in [6, 6.07) is 0. The van der Waals surface area contributed by atoms with Crippen LogP contribution in [0, 0.1) is 19.8 Å². The smallest absolute Gasteiger partial charge is 0.323 e. The van der Waals surface area contributed by atoms with Crippen molar-refractivity contribution in [2.45, 2.75) is 26.7 Å². The van der Waals surface area contributed by atoms with Crippen molar-refractivity contribution in [2.75, 3.05) is 31.6 Å². The number of fused-ring (bicyclic) bond motifs is 1. The van der Waals surface area contributed by atoms with E-state index in [-0.39, 0.29) is 18.4 Å². The van der Waals surface area contributed by atoms with Gasteiger partial charge in [0.2, 0.25) is 5.91 Å². The maximum Gasteiger partial charge on any atom is 0.323 e. The third-order valence-electron chi connectivity index (χ3n) is 4.84. The van der Waals surface area contributed by atoms with Crippen LogP contribution in [0.1, 0.15) is 23.3 Å². The number of aryl methyl sites for hydroxylation is 2. The fraction of sp³-hybridized carbons (Fsp3) is 0.529. The van der Waals surface area contributed by atoms with E-state index in [0.717, 1.165) is 29.1 Å². The molecule has 1 N–H and O–H groups in total. The van der Waals surface area contributed by atoms with Gasteiger partial charge in [-0.05, 0) is 32.3 Å². The molecule has 3 heterocycles. The number of carboxylic acid groups (broad SMARTS) is 1. The molecule has 0 aliphatic carbocycles. The molecule has 7 nitrogen and oxygen atoms in total. The average Bonchev–Trinajstić information content (AvgIpc) is 2.88. The standard InChI is InChI=1S/C17H22N4O3S/c1-10-11(2)25-16-14(10)15(18-9-19-16)21-6-4-12(5-7-21)17(24)20(3)8-13(22)23/h9,12H,4-8H2,1-3H3,(H,22,23). The first-order valence-electron chi connectivity index (χ1n) is 8.31. The highest BCUT2D eigenvalue weighted by Gasteiger charge is 2.29. The van der Waals surface area contributed by atoms with Crippen molar-refractivity contribution >= 4 is 39.2 Å². The molecular weight excluding hydrogens is 340 g/mol. The predicted octanol–water partition coefficient (Wildman–Crippen LogP) is 2.07. The highest BCUT2D eigenvalue weighted by atomic mass is 32.1. The minimum absolute atomic E-state index is 0.0857. The summed E-state index contributed by atoms with van der Waals surface area (Å²) >= 11 is 1.68. The second-order valence-electron chi connectivity index (χ2n) is 6.51. The Hall–Kier alpha value is -2.22. The molecule has 1 amide bonds. The summed E-state index contributed by atoms with van der Waals surface area (Å²) in [6.07, 6.45) is 3.01. The first-order chi connectivity index (χ1) is 11.9. The number of aromatic nitrogens is 2. The second-order valence-corrected chi connectivity index (χ2v) is 7.71. The maximum atomic E-state index is 12.4. The molecule has 8 heteroatoms. The summed E-state index contributed by atoms with van der Waals surface area (Å²) in [6.45, 7) is 5.40. The van der Waals surface area contributed by atoms with Crippen LogP contribution < -0.4 is 4.90 Å². The molecule has 1 saturated heterocycles. The van der Waals surface area contributed by atoms with Crippen LogP contribution in [0.2, 0.25) is 0 Å². The number of carboxylic acids is 1. The Bertz CT molecular complexity index is 812. The summed E-state index contributed by atoms with van der Waals surface area (Å²) in [5.41, 5.74) is 1.22. The molecule has 0 saturated carbocycles. The number of thiophene rings is 1. The molecule has 2 aromatic rings. The molecule has 0 spiro atoms. The zero-order valence-corrected chi connectivity index (χ0v) is 15.5. The van der Waals surface area contributed by atoms with Gasteiger partial charge in [-0.15, -0.1) is 11.3 Å². The van der Waals surface area contributed by atoms with E-state index < -0.39 is 5.97 Å². The lowest BCUT2D eigenvalue weighted by atomic mass is 9.95. The van der Waals surface area contributed by atoms with Gasteiger partial charge in [0.1, 0.15) is 23.5 Å². The van der Waals surface area contributed by atoms with E-state index in [2.05, 4.69) is 28.7 Å². The molecular formula is C17H22N4O3S. The largest absolute Gasteiger partial charge is 0.480 e. The number of carbonyl (C=O) groups excluding carboxylic acids is 1. The maximum absolute atomic E-state index is 12.4. The normalized spacial score (nSPS) is 15.6. The van der Waals surface area contributed by atoms with Gasteiger partial charge in [0.05, 0.1) is 5.39 Å². The van der Waals surface area contributed by atoms with E-state index >= 15 is 0 Å². The lowest BCUT2D eigenvalue weighted by Crippen LogP contribution is -2.43. The van der Waals surface area contributed by atoms with E-state index in [1.807, 2.05) is 0 Å². The van der Waals surface area contributed by atoms with Crippen LogP contribution >= 0.6 is 11.3 Å². The van der Waals surface area contributed by atoms with E-state index in [9.17, 15) is 9.59 Å². The zero-order valence-electron chi connectivity index (χ0n) is 14.7. The highest BCUT2D eigenvalue weighted by Crippen LogP contribution is 2.35. The number of likely N-dealkylation sites (N-methyl/N-ethyl adjacent to an activating group) is 1. The number of rotatable bonds is 4. The predicted molar refractivity (Wildman–Crippen MR) is 97.1 cm³/mol. The Morgan fingerprint density at radius 2 is 2.00 bits per heavy atom. The van der Waals surface area contributed by atoms with Gasteiger partial charge in [-0.25, -0.2) is 9.97 Å². The van der Waals surface area contributed by atoms with Gasteiger partial charge in [-0.2, -0.15) is 0 Å². The lowest BCUT2D eigenvalue weighted by molar-refractivity contribution is -0.145. The van der Waals surface area contributed by atoms with Gasteiger partial charge in [0, 0.05) is 30.9 Å². The third-order valence-corrected chi connectivity index (χ3v) is 5.95. The van der Waals surface area contributed by atoms with E-state index in [0.29, 0.717) is 12.8 Å². The van der Waals surface area contributed by atoms with Gasteiger partial charge < -0.3 is 14.9 Å². The Kier molecular flexibility index (Phi) is 4.89. The molecule has 0 aromatic carbocycles. The highest BCUT2D eigenvalue weighted by molar-refractivity contribution is 7.18. The SMILES string of the molecule is Cc1sc2ncnc(N3CCC(C(=O)N(C)CC(=O)O)CC3)c2c1C. The van der Waals surface area contributed by atoms with Gasteiger partial charge in [0.25, 0.3) is 0 Å². The Balaban J connectivity index is 1.73. The molecule has 1 aliphatic rings. The topological polar surface area (TPSA) is 86.6 Å². The van der Waals surface area contributed by atoms with Crippen LogP contribution in [0.3, 0.4) is 0 Å². The number of carbonyl (C=O) groups is 2. The summed E-state index contributed by atoms with van der Waals surface area (Å²) < 4.78 is 0. The first kappa shape index (κ1) is 17.6. The van der Waals surface area contributed by atoms with Crippen molar-refractivity contribution in [1.82, 2.24) is 14.9 Å². The van der Waals surface area contributed by atoms with Crippen LogP contribution in [0.15, 0.2) is 6.33 Å². The number of hydrogen-bond donors (Lipinski definition) is 1. The molecule has 0 unspecified atom stereocenters. The third kappa shape index (κ3) is 3.44. The van der Waals surface area contributed by atoms with Gasteiger partial charge in [-0.3, -0.25) is 9.59 Å². The van der Waals surface area contributed by atoms with Crippen LogP contribution in [0.5, 0.6) is 0 Å². The van der Waals surface area contributed by atoms with Crippen LogP contribution in [-0.4, -0.2) is 58.5 Å². The van der Waals surface area contributed by atoms with Gasteiger partial charge >= 0.3 is 5.97 Å². The number of amides is 1. The quantitative estimate of drug-likeness (QED) is 0.896. The molecule has 1 fully saturated rings. The summed E-state index contributed by atoms with van der Waals surface area (Å²) in [4.78, 5) is 37.8. The number of aliphatic carboxylic acids is 1. The monoisotopic (exact) mass is 362 g/mol. The van der Waals surface area contributed by atoms with E-state index in [4.69, 9.17) is 5.11 Å². The van der Waals surface area contributed by atoms with E-state index in [1.54, 1.807) is 24.7 Å². The Morgan fingerprint density at radius 3 is 2.64 bits per heavy atom. The van der Waals surface area contributed by atoms with Gasteiger partial charge in [0.15, 0.2) is 0 Å². The van der Waals surface area contributed by atoms with Crippen LogP contribution in [-0.2, 0) is 9.59 Å². The molecule has 1 aliphatic heterocycles. The molecule has 2 aromatic heterocycles.